The second-order valence-electron chi connectivity index (χ2n) is 6.13. The van der Waals surface area contributed by atoms with Crippen LogP contribution >= 0.6 is 0 Å². The molecule has 0 saturated heterocycles. The molecule has 0 N–H and O–H groups in total. The molecule has 0 saturated carbocycles. The molecule has 1 aromatic heterocycles. The number of nitrogens with zero attached hydrogens (tertiary/aromatic N) is 5. The van der Waals surface area contributed by atoms with Gasteiger partial charge in [0.25, 0.3) is 5.69 Å². The van der Waals surface area contributed by atoms with Gasteiger partial charge in [-0.15, -0.1) is 10.2 Å². The van der Waals surface area contributed by atoms with Gasteiger partial charge in [-0.2, -0.15) is 5.10 Å². The molecule has 132 valence electrons. The predicted molar refractivity (Wildman–Crippen MR) is 99.8 cm³/mol. The summed E-state index contributed by atoms with van der Waals surface area (Å²) < 4.78 is 1.81. The average molecular weight is 349 g/mol. The molecule has 1 heterocycles. The Bertz CT molecular complexity index is 1010. The van der Waals surface area contributed by atoms with Crippen LogP contribution in [0.15, 0.2) is 52.7 Å². The molecule has 3 aromatic rings. The van der Waals surface area contributed by atoms with Crippen molar-refractivity contribution in [3.8, 4) is 5.69 Å². The molecule has 2 aromatic carbocycles. The lowest BCUT2D eigenvalue weighted by molar-refractivity contribution is -0.384. The Balaban J connectivity index is 2.03. The van der Waals surface area contributed by atoms with Crippen LogP contribution in [0.1, 0.15) is 22.5 Å². The van der Waals surface area contributed by atoms with Gasteiger partial charge in [-0.3, -0.25) is 10.1 Å². The van der Waals surface area contributed by atoms with Gasteiger partial charge in [-0.1, -0.05) is 18.2 Å². The average Bonchev–Trinajstić information content (AvgIpc) is 2.91. The van der Waals surface area contributed by atoms with Crippen molar-refractivity contribution < 1.29 is 4.92 Å². The third-order valence-electron chi connectivity index (χ3n) is 4.35. The van der Waals surface area contributed by atoms with Crippen LogP contribution in [0.3, 0.4) is 0 Å². The summed E-state index contributed by atoms with van der Waals surface area (Å²) in [7, 11) is 0. The van der Waals surface area contributed by atoms with Gasteiger partial charge in [0.2, 0.25) is 0 Å². The Morgan fingerprint density at radius 3 is 2.38 bits per heavy atom. The molecule has 0 fully saturated rings. The maximum absolute atomic E-state index is 11.1. The van der Waals surface area contributed by atoms with Crippen LogP contribution in [0, 0.1) is 37.8 Å². The molecule has 0 aliphatic carbocycles. The monoisotopic (exact) mass is 349 g/mol. The predicted octanol–water partition coefficient (Wildman–Crippen LogP) is 5.43. The SMILES string of the molecule is Cc1cc([N+](=O)[O-])cc(/N=N/c2c(C)nn(-c3ccccc3)c2C)c1C. The lowest BCUT2D eigenvalue weighted by Crippen LogP contribution is -1.98. The number of azo groups is 1. The van der Waals surface area contributed by atoms with E-state index in [-0.39, 0.29) is 5.69 Å². The van der Waals surface area contributed by atoms with Gasteiger partial charge in [-0.25, -0.2) is 4.68 Å². The smallest absolute Gasteiger partial charge is 0.258 e. The van der Waals surface area contributed by atoms with E-state index in [1.165, 1.54) is 12.1 Å². The third kappa shape index (κ3) is 3.23. The molecule has 0 amide bonds. The highest BCUT2D eigenvalue weighted by Gasteiger charge is 2.14. The van der Waals surface area contributed by atoms with Crippen LogP contribution in [0.25, 0.3) is 5.69 Å². The largest absolute Gasteiger partial charge is 0.271 e. The van der Waals surface area contributed by atoms with Gasteiger partial charge in [0.1, 0.15) is 5.69 Å². The van der Waals surface area contributed by atoms with E-state index in [0.29, 0.717) is 11.4 Å². The lowest BCUT2D eigenvalue weighted by atomic mass is 10.1. The van der Waals surface area contributed by atoms with Crippen molar-refractivity contribution in [1.82, 2.24) is 9.78 Å². The molecule has 7 nitrogen and oxygen atoms in total. The summed E-state index contributed by atoms with van der Waals surface area (Å²) >= 11 is 0. The second kappa shape index (κ2) is 6.87. The minimum Gasteiger partial charge on any atom is -0.258 e. The Morgan fingerprint density at radius 2 is 1.73 bits per heavy atom. The number of nitro benzene ring substituents is 1. The molecule has 0 atom stereocenters. The van der Waals surface area contributed by atoms with E-state index in [0.717, 1.165) is 28.2 Å². The molecule has 0 unspecified atom stereocenters. The Hall–Kier alpha value is -3.35. The summed E-state index contributed by atoms with van der Waals surface area (Å²) in [4.78, 5) is 10.7. The minimum atomic E-state index is -0.421. The molecule has 0 aliphatic rings. The van der Waals surface area contributed by atoms with Crippen molar-refractivity contribution in [1.29, 1.82) is 0 Å². The summed E-state index contributed by atoms with van der Waals surface area (Å²) in [6.45, 7) is 7.49. The molecule has 26 heavy (non-hydrogen) atoms. The van der Waals surface area contributed by atoms with Crippen LogP contribution in [-0.2, 0) is 0 Å². The Morgan fingerprint density at radius 1 is 1.04 bits per heavy atom. The number of aryl methyl sites for hydroxylation is 2. The number of rotatable bonds is 4. The first-order valence-corrected chi connectivity index (χ1v) is 8.17. The van der Waals surface area contributed by atoms with Crippen LogP contribution in [0.5, 0.6) is 0 Å². The quantitative estimate of drug-likeness (QED) is 0.357. The van der Waals surface area contributed by atoms with E-state index in [1.54, 1.807) is 0 Å². The van der Waals surface area contributed by atoms with E-state index in [9.17, 15) is 10.1 Å². The summed E-state index contributed by atoms with van der Waals surface area (Å²) in [6, 6.07) is 12.8. The van der Waals surface area contributed by atoms with Crippen molar-refractivity contribution in [3.63, 3.8) is 0 Å². The van der Waals surface area contributed by atoms with Crippen LogP contribution < -0.4 is 0 Å². The Kier molecular flexibility index (Phi) is 4.62. The number of hydrogen-bond donors (Lipinski definition) is 0. The Labute approximate surface area is 151 Å². The van der Waals surface area contributed by atoms with Crippen LogP contribution in [0.4, 0.5) is 17.1 Å². The fraction of sp³-hybridized carbons (Fsp3) is 0.211. The van der Waals surface area contributed by atoms with Gasteiger partial charge in [0.05, 0.1) is 27.7 Å². The molecular weight excluding hydrogens is 330 g/mol. The van der Waals surface area contributed by atoms with Gasteiger partial charge < -0.3 is 0 Å². The summed E-state index contributed by atoms with van der Waals surface area (Å²) in [6.07, 6.45) is 0. The number of benzene rings is 2. The van der Waals surface area contributed by atoms with Crippen LogP contribution in [-0.4, -0.2) is 14.7 Å². The zero-order valence-electron chi connectivity index (χ0n) is 15.1. The minimum absolute atomic E-state index is 0.00970. The first-order valence-electron chi connectivity index (χ1n) is 8.17. The summed E-state index contributed by atoms with van der Waals surface area (Å²) in [5, 5.41) is 24.2. The molecule has 0 spiro atoms. The topological polar surface area (TPSA) is 85.7 Å². The number of non-ortho nitro benzene ring substituents is 1. The summed E-state index contributed by atoms with van der Waals surface area (Å²) in [5.41, 5.74) is 5.38. The number of aromatic nitrogens is 2. The highest BCUT2D eigenvalue weighted by molar-refractivity contribution is 5.57. The van der Waals surface area contributed by atoms with E-state index in [4.69, 9.17) is 0 Å². The first-order chi connectivity index (χ1) is 12.4. The molecule has 0 radical (unpaired) electrons. The molecule has 3 rings (SSSR count). The van der Waals surface area contributed by atoms with E-state index in [2.05, 4.69) is 15.3 Å². The van der Waals surface area contributed by atoms with Crippen molar-refractivity contribution in [3.05, 3.63) is 75.1 Å². The molecule has 0 aliphatic heterocycles. The highest BCUT2D eigenvalue weighted by atomic mass is 16.6. The van der Waals surface area contributed by atoms with Crippen LogP contribution in [0.2, 0.25) is 0 Å². The van der Waals surface area contributed by atoms with E-state index < -0.39 is 4.92 Å². The number of hydrogen-bond acceptors (Lipinski definition) is 5. The van der Waals surface area contributed by atoms with Crippen molar-refractivity contribution >= 4 is 17.1 Å². The number of nitro groups is 1. The summed E-state index contributed by atoms with van der Waals surface area (Å²) in [5.74, 6) is 0. The zero-order valence-corrected chi connectivity index (χ0v) is 15.1. The maximum atomic E-state index is 11.1. The molecule has 7 heteroatoms. The van der Waals surface area contributed by atoms with Crippen molar-refractivity contribution in [2.45, 2.75) is 27.7 Å². The van der Waals surface area contributed by atoms with Gasteiger partial charge in [0.15, 0.2) is 0 Å². The van der Waals surface area contributed by atoms with Gasteiger partial charge >= 0.3 is 0 Å². The van der Waals surface area contributed by atoms with E-state index >= 15 is 0 Å². The fourth-order valence-electron chi connectivity index (χ4n) is 2.74. The fourth-order valence-corrected chi connectivity index (χ4v) is 2.74. The first kappa shape index (κ1) is 17.5. The van der Waals surface area contributed by atoms with E-state index in [1.807, 2.05) is 62.7 Å². The van der Waals surface area contributed by atoms with Gasteiger partial charge in [0, 0.05) is 12.1 Å². The lowest BCUT2D eigenvalue weighted by Gasteiger charge is -2.04. The van der Waals surface area contributed by atoms with Gasteiger partial charge in [-0.05, 0) is 51.0 Å². The highest BCUT2D eigenvalue weighted by Crippen LogP contribution is 2.32. The van der Waals surface area contributed by atoms with Crippen molar-refractivity contribution in [2.24, 2.45) is 10.2 Å². The zero-order chi connectivity index (χ0) is 18.8. The second-order valence-corrected chi connectivity index (χ2v) is 6.13. The molecule has 0 bridgehead atoms. The third-order valence-corrected chi connectivity index (χ3v) is 4.35. The molecular formula is C19H19N5O2. The standard InChI is InChI=1S/C19H19N5O2/c1-12-10-17(24(25)26)11-18(13(12)2)20-21-19-14(3)22-23(15(19)4)16-8-6-5-7-9-16/h5-11H,1-4H3/b21-20+. The normalized spacial score (nSPS) is 11.2. The maximum Gasteiger partial charge on any atom is 0.271 e. The number of para-hydroxylation sites is 1. The van der Waals surface area contributed by atoms with Crippen molar-refractivity contribution in [2.75, 3.05) is 0 Å².